The van der Waals surface area contributed by atoms with Gasteiger partial charge in [-0.2, -0.15) is 0 Å². The largest absolute Gasteiger partial charge is 0.367 e. The first-order valence-electron chi connectivity index (χ1n) is 5.17. The third-order valence-electron chi connectivity index (χ3n) is 2.01. The summed E-state index contributed by atoms with van der Waals surface area (Å²) in [6, 6.07) is 1.69. The zero-order chi connectivity index (χ0) is 11.3. The minimum Gasteiger partial charge on any atom is -0.367 e. The molecule has 4 heteroatoms. The Balaban J connectivity index is 2.75. The molecule has 1 aromatic heterocycles. The SMILES string of the molecule is CNCc1ccnc(NCC(C)C)c1F. The van der Waals surface area contributed by atoms with E-state index in [4.69, 9.17) is 0 Å². The molecule has 1 rings (SSSR count). The number of aromatic nitrogens is 1. The van der Waals surface area contributed by atoms with Crippen LogP contribution in [-0.4, -0.2) is 18.6 Å². The molecule has 2 N–H and O–H groups in total. The van der Waals surface area contributed by atoms with E-state index >= 15 is 0 Å². The minimum atomic E-state index is -0.257. The molecule has 84 valence electrons. The summed E-state index contributed by atoms with van der Waals surface area (Å²) >= 11 is 0. The average molecular weight is 211 g/mol. The molecule has 0 saturated heterocycles. The van der Waals surface area contributed by atoms with E-state index in [1.165, 1.54) is 0 Å². The molecule has 0 fully saturated rings. The fourth-order valence-electron chi connectivity index (χ4n) is 1.23. The molecule has 1 aromatic rings. The third-order valence-corrected chi connectivity index (χ3v) is 2.01. The van der Waals surface area contributed by atoms with Crippen LogP contribution in [0, 0.1) is 11.7 Å². The van der Waals surface area contributed by atoms with Gasteiger partial charge in [0.25, 0.3) is 0 Å². The highest BCUT2D eigenvalue weighted by molar-refractivity contribution is 5.39. The number of nitrogens with zero attached hydrogens (tertiary/aromatic N) is 1. The van der Waals surface area contributed by atoms with Gasteiger partial charge < -0.3 is 10.6 Å². The van der Waals surface area contributed by atoms with Crippen LogP contribution in [0.5, 0.6) is 0 Å². The number of anilines is 1. The molecule has 0 aliphatic rings. The summed E-state index contributed by atoms with van der Waals surface area (Å²) in [6.07, 6.45) is 1.62. The normalized spacial score (nSPS) is 10.7. The van der Waals surface area contributed by atoms with Crippen LogP contribution in [0.2, 0.25) is 0 Å². The van der Waals surface area contributed by atoms with E-state index in [1.54, 1.807) is 19.3 Å². The van der Waals surface area contributed by atoms with Gasteiger partial charge in [-0.15, -0.1) is 0 Å². The summed E-state index contributed by atoms with van der Waals surface area (Å²) in [5.41, 5.74) is 0.638. The Kier molecular flexibility index (Phi) is 4.49. The van der Waals surface area contributed by atoms with Crippen LogP contribution in [0.15, 0.2) is 12.3 Å². The molecular weight excluding hydrogens is 193 g/mol. The Morgan fingerprint density at radius 1 is 1.47 bits per heavy atom. The molecule has 0 aliphatic carbocycles. The fraction of sp³-hybridized carbons (Fsp3) is 0.545. The molecule has 1 heterocycles. The standard InChI is InChI=1S/C11H18FN3/c1-8(2)6-15-11-10(12)9(7-13-3)4-5-14-11/h4-5,8,13H,6-7H2,1-3H3,(H,14,15). The smallest absolute Gasteiger partial charge is 0.169 e. The van der Waals surface area contributed by atoms with Crippen LogP contribution in [0.1, 0.15) is 19.4 Å². The first-order chi connectivity index (χ1) is 7.15. The van der Waals surface area contributed by atoms with Gasteiger partial charge in [0, 0.05) is 24.8 Å². The molecule has 0 radical (unpaired) electrons. The van der Waals surface area contributed by atoms with E-state index in [9.17, 15) is 4.39 Å². The van der Waals surface area contributed by atoms with E-state index in [2.05, 4.69) is 29.5 Å². The van der Waals surface area contributed by atoms with Gasteiger partial charge in [-0.25, -0.2) is 9.37 Å². The van der Waals surface area contributed by atoms with Crippen molar-refractivity contribution in [3.63, 3.8) is 0 Å². The van der Waals surface area contributed by atoms with Gasteiger partial charge in [-0.05, 0) is 19.0 Å². The van der Waals surface area contributed by atoms with Gasteiger partial charge in [0.05, 0.1) is 0 Å². The molecule has 0 unspecified atom stereocenters. The zero-order valence-corrected chi connectivity index (χ0v) is 9.47. The fourth-order valence-corrected chi connectivity index (χ4v) is 1.23. The summed E-state index contributed by atoms with van der Waals surface area (Å²) in [6.45, 7) is 5.39. The molecular formula is C11H18FN3. The monoisotopic (exact) mass is 211 g/mol. The molecule has 0 spiro atoms. The number of nitrogens with one attached hydrogen (secondary N) is 2. The van der Waals surface area contributed by atoms with Crippen molar-refractivity contribution in [2.24, 2.45) is 5.92 Å². The minimum absolute atomic E-state index is 0.257. The Hall–Kier alpha value is -1.16. The molecule has 0 bridgehead atoms. The van der Waals surface area contributed by atoms with Crippen molar-refractivity contribution in [2.45, 2.75) is 20.4 Å². The number of halogens is 1. The topological polar surface area (TPSA) is 37.0 Å². The second kappa shape index (κ2) is 5.66. The van der Waals surface area contributed by atoms with E-state index in [0.29, 0.717) is 23.8 Å². The first-order valence-corrected chi connectivity index (χ1v) is 5.17. The summed E-state index contributed by atoms with van der Waals surface area (Å²) < 4.78 is 13.7. The predicted molar refractivity (Wildman–Crippen MR) is 60.3 cm³/mol. The van der Waals surface area contributed by atoms with Crippen LogP contribution in [-0.2, 0) is 6.54 Å². The van der Waals surface area contributed by atoms with Crippen molar-refractivity contribution < 1.29 is 4.39 Å². The molecule has 15 heavy (non-hydrogen) atoms. The van der Waals surface area contributed by atoms with E-state index in [1.807, 2.05) is 0 Å². The Morgan fingerprint density at radius 3 is 2.80 bits per heavy atom. The highest BCUT2D eigenvalue weighted by Crippen LogP contribution is 2.15. The van der Waals surface area contributed by atoms with E-state index in [0.717, 1.165) is 6.54 Å². The van der Waals surface area contributed by atoms with Crippen molar-refractivity contribution in [3.05, 3.63) is 23.6 Å². The Morgan fingerprint density at radius 2 is 2.20 bits per heavy atom. The molecule has 0 atom stereocenters. The van der Waals surface area contributed by atoms with E-state index in [-0.39, 0.29) is 5.82 Å². The van der Waals surface area contributed by atoms with Gasteiger partial charge in [-0.3, -0.25) is 0 Å². The lowest BCUT2D eigenvalue weighted by molar-refractivity contribution is 0.593. The van der Waals surface area contributed by atoms with Crippen molar-refractivity contribution in [3.8, 4) is 0 Å². The maximum atomic E-state index is 13.7. The highest BCUT2D eigenvalue weighted by Gasteiger charge is 2.08. The maximum absolute atomic E-state index is 13.7. The molecule has 0 amide bonds. The number of hydrogen-bond acceptors (Lipinski definition) is 3. The van der Waals surface area contributed by atoms with Gasteiger partial charge in [-0.1, -0.05) is 13.8 Å². The van der Waals surface area contributed by atoms with Gasteiger partial charge in [0.2, 0.25) is 0 Å². The maximum Gasteiger partial charge on any atom is 0.169 e. The lowest BCUT2D eigenvalue weighted by Gasteiger charge is -2.10. The third kappa shape index (κ3) is 3.47. The first kappa shape index (κ1) is 11.9. The van der Waals surface area contributed by atoms with Crippen molar-refractivity contribution in [1.29, 1.82) is 0 Å². The average Bonchev–Trinajstić information content (AvgIpc) is 2.19. The van der Waals surface area contributed by atoms with Crippen LogP contribution in [0.3, 0.4) is 0 Å². The predicted octanol–water partition coefficient (Wildman–Crippen LogP) is 2.01. The molecule has 0 aromatic carbocycles. The summed E-state index contributed by atoms with van der Waals surface area (Å²) in [5.74, 6) is 0.558. The summed E-state index contributed by atoms with van der Waals surface area (Å²) in [5, 5.41) is 5.92. The molecule has 3 nitrogen and oxygen atoms in total. The summed E-state index contributed by atoms with van der Waals surface area (Å²) in [7, 11) is 1.79. The highest BCUT2D eigenvalue weighted by atomic mass is 19.1. The lowest BCUT2D eigenvalue weighted by atomic mass is 10.2. The second-order valence-electron chi connectivity index (χ2n) is 3.94. The Bertz CT molecular complexity index is 313. The Labute approximate surface area is 90.1 Å². The number of hydrogen-bond donors (Lipinski definition) is 2. The van der Waals surface area contributed by atoms with Crippen LogP contribution >= 0.6 is 0 Å². The molecule has 0 saturated carbocycles. The quantitative estimate of drug-likeness (QED) is 0.782. The second-order valence-corrected chi connectivity index (χ2v) is 3.94. The van der Waals surface area contributed by atoms with E-state index < -0.39 is 0 Å². The van der Waals surface area contributed by atoms with Crippen molar-refractivity contribution in [2.75, 3.05) is 18.9 Å². The number of pyridine rings is 1. The van der Waals surface area contributed by atoms with Crippen LogP contribution in [0.25, 0.3) is 0 Å². The lowest BCUT2D eigenvalue weighted by Crippen LogP contribution is -2.13. The van der Waals surface area contributed by atoms with Crippen molar-refractivity contribution >= 4 is 5.82 Å². The molecule has 0 aliphatic heterocycles. The van der Waals surface area contributed by atoms with Crippen LogP contribution < -0.4 is 10.6 Å². The van der Waals surface area contributed by atoms with Gasteiger partial charge in [0.15, 0.2) is 11.6 Å². The number of rotatable bonds is 5. The van der Waals surface area contributed by atoms with Crippen molar-refractivity contribution in [1.82, 2.24) is 10.3 Å². The van der Waals surface area contributed by atoms with Crippen LogP contribution in [0.4, 0.5) is 10.2 Å². The zero-order valence-electron chi connectivity index (χ0n) is 9.47. The summed E-state index contributed by atoms with van der Waals surface area (Å²) in [4.78, 5) is 3.98. The van der Waals surface area contributed by atoms with Gasteiger partial charge >= 0.3 is 0 Å². The van der Waals surface area contributed by atoms with Gasteiger partial charge in [0.1, 0.15) is 0 Å².